The third-order valence-electron chi connectivity index (χ3n) is 3.34. The van der Waals surface area contributed by atoms with Crippen LogP contribution in [0.1, 0.15) is 23.9 Å². The number of aliphatic hydroxyl groups is 1. The highest BCUT2D eigenvalue weighted by molar-refractivity contribution is 9.10. The molecule has 1 aromatic carbocycles. The lowest BCUT2D eigenvalue weighted by Crippen LogP contribution is -2.17. The van der Waals surface area contributed by atoms with E-state index in [2.05, 4.69) is 21.0 Å². The average molecular weight is 359 g/mol. The Kier molecular flexibility index (Phi) is 5.11. The van der Waals surface area contributed by atoms with Crippen LogP contribution in [0.2, 0.25) is 0 Å². The van der Waals surface area contributed by atoms with Crippen LogP contribution < -0.4 is 0 Å². The molecule has 0 aliphatic heterocycles. The Hall–Kier alpha value is -1.27. The summed E-state index contributed by atoms with van der Waals surface area (Å²) in [7, 11) is 0. The number of aryl methyl sites for hydroxylation is 2. The largest absolute Gasteiger partial charge is 0.392 e. The van der Waals surface area contributed by atoms with Gasteiger partial charge in [-0.3, -0.25) is 4.68 Å². The van der Waals surface area contributed by atoms with Crippen LogP contribution >= 0.6 is 15.9 Å². The Morgan fingerprint density at radius 3 is 2.62 bits per heavy atom. The first kappa shape index (κ1) is 16.1. The predicted octanol–water partition coefficient (Wildman–Crippen LogP) is 3.40. The molecule has 0 saturated carbocycles. The Morgan fingerprint density at radius 1 is 1.29 bits per heavy atom. The number of nitrogens with zero attached hydrogens (tertiary/aromatic N) is 2. The normalized spacial score (nSPS) is 12.7. The van der Waals surface area contributed by atoms with Crippen LogP contribution in [0.25, 0.3) is 0 Å². The second-order valence-corrected chi connectivity index (χ2v) is 5.77. The standard InChI is InChI=1S/C15H17BrF2N2O/c1-3-20-14(15(16)9(2)19-20)8-11(21)6-10-4-5-12(17)13(18)7-10/h4-5,7,11,21H,3,6,8H2,1-2H3. The minimum absolute atomic E-state index is 0.261. The van der Waals surface area contributed by atoms with Crippen molar-refractivity contribution in [2.75, 3.05) is 0 Å². The lowest BCUT2D eigenvalue weighted by atomic mass is 10.0. The van der Waals surface area contributed by atoms with Gasteiger partial charge in [-0.25, -0.2) is 8.78 Å². The smallest absolute Gasteiger partial charge is 0.159 e. The van der Waals surface area contributed by atoms with Gasteiger partial charge < -0.3 is 5.11 Å². The number of aliphatic hydroxyl groups excluding tert-OH is 1. The highest BCUT2D eigenvalue weighted by Gasteiger charge is 2.17. The zero-order valence-electron chi connectivity index (χ0n) is 11.9. The first-order chi connectivity index (χ1) is 9.92. The Bertz CT molecular complexity index is 643. The van der Waals surface area contributed by atoms with Crippen LogP contribution in [-0.4, -0.2) is 21.0 Å². The number of hydrogen-bond acceptors (Lipinski definition) is 2. The van der Waals surface area contributed by atoms with Crippen molar-refractivity contribution in [1.82, 2.24) is 9.78 Å². The van der Waals surface area contributed by atoms with Crippen molar-refractivity contribution in [3.63, 3.8) is 0 Å². The van der Waals surface area contributed by atoms with Gasteiger partial charge in [0.1, 0.15) is 0 Å². The average Bonchev–Trinajstić information content (AvgIpc) is 2.70. The lowest BCUT2D eigenvalue weighted by Gasteiger charge is -2.12. The van der Waals surface area contributed by atoms with Crippen LogP contribution in [0.3, 0.4) is 0 Å². The van der Waals surface area contributed by atoms with E-state index in [0.717, 1.165) is 28.0 Å². The summed E-state index contributed by atoms with van der Waals surface area (Å²) in [6.07, 6.45) is -0.0289. The summed E-state index contributed by atoms with van der Waals surface area (Å²) in [5, 5.41) is 14.6. The van der Waals surface area contributed by atoms with Crippen LogP contribution in [0.15, 0.2) is 22.7 Å². The molecule has 0 saturated heterocycles. The second kappa shape index (κ2) is 6.66. The van der Waals surface area contributed by atoms with Gasteiger partial charge in [-0.05, 0) is 53.9 Å². The minimum Gasteiger partial charge on any atom is -0.392 e. The molecule has 0 spiro atoms. The highest BCUT2D eigenvalue weighted by atomic mass is 79.9. The fraction of sp³-hybridized carbons (Fsp3) is 0.400. The number of aromatic nitrogens is 2. The summed E-state index contributed by atoms with van der Waals surface area (Å²) in [4.78, 5) is 0. The molecular weight excluding hydrogens is 342 g/mol. The van der Waals surface area contributed by atoms with E-state index in [1.165, 1.54) is 6.07 Å². The monoisotopic (exact) mass is 358 g/mol. The zero-order chi connectivity index (χ0) is 15.6. The summed E-state index contributed by atoms with van der Waals surface area (Å²) in [5.41, 5.74) is 2.34. The summed E-state index contributed by atoms with van der Waals surface area (Å²) >= 11 is 3.47. The molecular formula is C15H17BrF2N2O. The maximum absolute atomic E-state index is 13.2. The summed E-state index contributed by atoms with van der Waals surface area (Å²) in [6.45, 7) is 4.57. The number of halogens is 3. The van der Waals surface area contributed by atoms with Crippen molar-refractivity contribution in [3.05, 3.63) is 51.3 Å². The van der Waals surface area contributed by atoms with Gasteiger partial charge in [0.15, 0.2) is 11.6 Å². The van der Waals surface area contributed by atoms with Crippen LogP contribution in [0.4, 0.5) is 8.78 Å². The fourth-order valence-electron chi connectivity index (χ4n) is 2.30. The van der Waals surface area contributed by atoms with Crippen molar-refractivity contribution in [2.45, 2.75) is 39.3 Å². The second-order valence-electron chi connectivity index (χ2n) is 4.97. The topological polar surface area (TPSA) is 38.0 Å². The van der Waals surface area contributed by atoms with E-state index in [-0.39, 0.29) is 6.42 Å². The Labute approximate surface area is 130 Å². The third kappa shape index (κ3) is 3.68. The Morgan fingerprint density at radius 2 is 2.00 bits per heavy atom. The maximum Gasteiger partial charge on any atom is 0.159 e. The van der Waals surface area contributed by atoms with E-state index in [9.17, 15) is 13.9 Å². The summed E-state index contributed by atoms with van der Waals surface area (Å²) < 4.78 is 28.8. The molecule has 1 aromatic heterocycles. The van der Waals surface area contributed by atoms with Gasteiger partial charge in [0, 0.05) is 13.0 Å². The van der Waals surface area contributed by atoms with E-state index >= 15 is 0 Å². The molecule has 1 N–H and O–H groups in total. The van der Waals surface area contributed by atoms with E-state index < -0.39 is 17.7 Å². The van der Waals surface area contributed by atoms with Crippen molar-refractivity contribution >= 4 is 15.9 Å². The molecule has 1 unspecified atom stereocenters. The molecule has 2 rings (SSSR count). The van der Waals surface area contributed by atoms with Crippen molar-refractivity contribution in [3.8, 4) is 0 Å². The molecule has 0 amide bonds. The SMILES string of the molecule is CCn1nc(C)c(Br)c1CC(O)Cc1ccc(F)c(F)c1. The molecule has 3 nitrogen and oxygen atoms in total. The molecule has 1 heterocycles. The molecule has 0 fully saturated rings. The minimum atomic E-state index is -0.893. The van der Waals surface area contributed by atoms with Gasteiger partial charge >= 0.3 is 0 Å². The molecule has 0 aliphatic rings. The summed E-state index contributed by atoms with van der Waals surface area (Å²) in [6, 6.07) is 3.68. The molecule has 0 radical (unpaired) electrons. The van der Waals surface area contributed by atoms with Gasteiger partial charge in [0.05, 0.1) is 22.0 Å². The van der Waals surface area contributed by atoms with Crippen LogP contribution in [0.5, 0.6) is 0 Å². The van der Waals surface area contributed by atoms with E-state index in [0.29, 0.717) is 18.5 Å². The number of benzene rings is 1. The highest BCUT2D eigenvalue weighted by Crippen LogP contribution is 2.23. The lowest BCUT2D eigenvalue weighted by molar-refractivity contribution is 0.172. The van der Waals surface area contributed by atoms with Crippen molar-refractivity contribution < 1.29 is 13.9 Å². The van der Waals surface area contributed by atoms with Gasteiger partial charge in [0.25, 0.3) is 0 Å². The molecule has 114 valence electrons. The predicted molar refractivity (Wildman–Crippen MR) is 80.1 cm³/mol. The maximum atomic E-state index is 13.2. The number of rotatable bonds is 5. The quantitative estimate of drug-likeness (QED) is 0.889. The van der Waals surface area contributed by atoms with Gasteiger partial charge in [-0.2, -0.15) is 5.10 Å². The van der Waals surface area contributed by atoms with E-state index in [1.54, 1.807) is 0 Å². The third-order valence-corrected chi connectivity index (χ3v) is 4.37. The summed E-state index contributed by atoms with van der Waals surface area (Å²) in [5.74, 6) is -1.77. The zero-order valence-corrected chi connectivity index (χ0v) is 13.5. The van der Waals surface area contributed by atoms with Crippen molar-refractivity contribution in [1.29, 1.82) is 0 Å². The molecule has 2 aromatic rings. The molecule has 0 bridgehead atoms. The Balaban J connectivity index is 2.11. The molecule has 0 aliphatic carbocycles. The van der Waals surface area contributed by atoms with Crippen LogP contribution in [-0.2, 0) is 19.4 Å². The first-order valence-corrected chi connectivity index (χ1v) is 7.55. The van der Waals surface area contributed by atoms with Crippen molar-refractivity contribution in [2.24, 2.45) is 0 Å². The molecule has 21 heavy (non-hydrogen) atoms. The van der Waals surface area contributed by atoms with Crippen LogP contribution in [0, 0.1) is 18.6 Å². The van der Waals surface area contributed by atoms with Gasteiger partial charge in [0.2, 0.25) is 0 Å². The molecule has 6 heteroatoms. The first-order valence-electron chi connectivity index (χ1n) is 6.76. The fourth-order valence-corrected chi connectivity index (χ4v) is 2.74. The van der Waals surface area contributed by atoms with Gasteiger partial charge in [-0.1, -0.05) is 6.07 Å². The number of hydrogen-bond donors (Lipinski definition) is 1. The molecule has 1 atom stereocenters. The van der Waals surface area contributed by atoms with E-state index in [1.807, 2.05) is 18.5 Å². The van der Waals surface area contributed by atoms with E-state index in [4.69, 9.17) is 0 Å². The van der Waals surface area contributed by atoms with Gasteiger partial charge in [-0.15, -0.1) is 0 Å².